The molecule has 0 aliphatic heterocycles. The summed E-state index contributed by atoms with van der Waals surface area (Å²) in [6.45, 7) is 13.0. The summed E-state index contributed by atoms with van der Waals surface area (Å²) >= 11 is 0. The summed E-state index contributed by atoms with van der Waals surface area (Å²) in [5.74, 6) is 0.418. The summed E-state index contributed by atoms with van der Waals surface area (Å²) in [6, 6.07) is 6.64. The lowest BCUT2D eigenvalue weighted by Crippen LogP contribution is -2.12. The van der Waals surface area contributed by atoms with Crippen LogP contribution in [0.2, 0.25) is 0 Å². The standard InChI is InChI=1S/C24H33N3O/c1-7-9-18(14-28)27-13-17(6)24-22(27)12-16(5)23(26-24)19-10-11-21(15(3)4)25-20(19)8-2/h10-13,15,18,28H,7-9,14H2,1-6H3/t18-/m0/s1. The van der Waals surface area contributed by atoms with Crippen LogP contribution in [-0.4, -0.2) is 26.2 Å². The molecule has 0 radical (unpaired) electrons. The molecule has 0 fully saturated rings. The largest absolute Gasteiger partial charge is 0.394 e. The summed E-state index contributed by atoms with van der Waals surface area (Å²) < 4.78 is 2.21. The monoisotopic (exact) mass is 379 g/mol. The smallest absolute Gasteiger partial charge is 0.0917 e. The molecule has 4 nitrogen and oxygen atoms in total. The number of aryl methyl sites for hydroxylation is 3. The topological polar surface area (TPSA) is 50.9 Å². The lowest BCUT2D eigenvalue weighted by Gasteiger charge is -2.18. The van der Waals surface area contributed by atoms with Crippen LogP contribution >= 0.6 is 0 Å². The van der Waals surface area contributed by atoms with Crippen molar-refractivity contribution in [3.05, 3.63) is 46.9 Å². The fraction of sp³-hybridized carbons (Fsp3) is 0.500. The maximum Gasteiger partial charge on any atom is 0.0917 e. The van der Waals surface area contributed by atoms with Crippen LogP contribution in [0.4, 0.5) is 0 Å². The Hall–Kier alpha value is -2.20. The number of pyridine rings is 2. The molecule has 28 heavy (non-hydrogen) atoms. The summed E-state index contributed by atoms with van der Waals surface area (Å²) in [6.07, 6.45) is 5.03. The minimum atomic E-state index is 0.103. The molecule has 0 aliphatic rings. The van der Waals surface area contributed by atoms with Crippen molar-refractivity contribution in [2.75, 3.05) is 6.61 Å². The van der Waals surface area contributed by atoms with Crippen molar-refractivity contribution >= 4 is 11.0 Å². The third-order valence-corrected chi connectivity index (χ3v) is 5.58. The quantitative estimate of drug-likeness (QED) is 0.570. The van der Waals surface area contributed by atoms with Crippen molar-refractivity contribution in [1.29, 1.82) is 0 Å². The van der Waals surface area contributed by atoms with Gasteiger partial charge in [0.25, 0.3) is 0 Å². The summed E-state index contributed by atoms with van der Waals surface area (Å²) in [4.78, 5) is 9.99. The maximum absolute atomic E-state index is 9.87. The highest BCUT2D eigenvalue weighted by molar-refractivity contribution is 5.84. The van der Waals surface area contributed by atoms with Gasteiger partial charge in [0.15, 0.2) is 0 Å². The van der Waals surface area contributed by atoms with E-state index in [1.807, 2.05) is 0 Å². The number of aliphatic hydroxyl groups excluding tert-OH is 1. The van der Waals surface area contributed by atoms with Gasteiger partial charge in [0.2, 0.25) is 0 Å². The van der Waals surface area contributed by atoms with Crippen molar-refractivity contribution < 1.29 is 5.11 Å². The van der Waals surface area contributed by atoms with Gasteiger partial charge in [-0.3, -0.25) is 4.98 Å². The van der Waals surface area contributed by atoms with E-state index in [4.69, 9.17) is 9.97 Å². The predicted molar refractivity (Wildman–Crippen MR) is 117 cm³/mol. The van der Waals surface area contributed by atoms with E-state index in [1.165, 1.54) is 0 Å². The Balaban J connectivity index is 2.17. The molecule has 0 saturated carbocycles. The number of aromatic nitrogens is 3. The average Bonchev–Trinajstić information content (AvgIpc) is 3.00. The van der Waals surface area contributed by atoms with E-state index < -0.39 is 0 Å². The molecular weight excluding hydrogens is 346 g/mol. The average molecular weight is 380 g/mol. The number of hydrogen-bond acceptors (Lipinski definition) is 3. The molecule has 0 spiro atoms. The van der Waals surface area contributed by atoms with Crippen LogP contribution in [-0.2, 0) is 6.42 Å². The zero-order valence-electron chi connectivity index (χ0n) is 18.1. The lowest BCUT2D eigenvalue weighted by molar-refractivity contribution is 0.223. The Kier molecular flexibility index (Phi) is 6.19. The molecule has 0 saturated heterocycles. The van der Waals surface area contributed by atoms with Crippen LogP contribution in [0, 0.1) is 13.8 Å². The van der Waals surface area contributed by atoms with Crippen molar-refractivity contribution in [2.45, 2.75) is 72.8 Å². The third-order valence-electron chi connectivity index (χ3n) is 5.58. The second kappa shape index (κ2) is 8.44. The minimum Gasteiger partial charge on any atom is -0.394 e. The van der Waals surface area contributed by atoms with Gasteiger partial charge in [-0.1, -0.05) is 34.1 Å². The predicted octanol–water partition coefficient (Wildman–Crippen LogP) is 5.73. The number of rotatable bonds is 7. The minimum absolute atomic E-state index is 0.103. The van der Waals surface area contributed by atoms with Crippen LogP contribution in [0.25, 0.3) is 22.3 Å². The summed E-state index contributed by atoms with van der Waals surface area (Å²) in [5, 5.41) is 9.87. The Morgan fingerprint density at radius 1 is 1.07 bits per heavy atom. The van der Waals surface area contributed by atoms with E-state index in [0.717, 1.165) is 64.1 Å². The number of aliphatic hydroxyl groups is 1. The highest BCUT2D eigenvalue weighted by Crippen LogP contribution is 2.32. The fourth-order valence-corrected chi connectivity index (χ4v) is 3.98. The van der Waals surface area contributed by atoms with Crippen LogP contribution < -0.4 is 0 Å². The van der Waals surface area contributed by atoms with Crippen molar-refractivity contribution in [3.63, 3.8) is 0 Å². The van der Waals surface area contributed by atoms with E-state index >= 15 is 0 Å². The zero-order valence-corrected chi connectivity index (χ0v) is 18.1. The van der Waals surface area contributed by atoms with Crippen molar-refractivity contribution in [2.24, 2.45) is 0 Å². The Morgan fingerprint density at radius 2 is 1.82 bits per heavy atom. The second-order valence-corrected chi connectivity index (χ2v) is 8.10. The molecule has 0 bridgehead atoms. The van der Waals surface area contributed by atoms with E-state index in [1.54, 1.807) is 0 Å². The highest BCUT2D eigenvalue weighted by Gasteiger charge is 2.18. The van der Waals surface area contributed by atoms with Gasteiger partial charge < -0.3 is 9.67 Å². The van der Waals surface area contributed by atoms with Gasteiger partial charge in [0.05, 0.1) is 29.4 Å². The van der Waals surface area contributed by atoms with E-state index in [2.05, 4.69) is 70.5 Å². The van der Waals surface area contributed by atoms with Crippen LogP contribution in [0.5, 0.6) is 0 Å². The molecule has 3 heterocycles. The third kappa shape index (κ3) is 3.70. The van der Waals surface area contributed by atoms with Crippen molar-refractivity contribution in [1.82, 2.24) is 14.5 Å². The van der Waals surface area contributed by atoms with Gasteiger partial charge in [0.1, 0.15) is 0 Å². The normalized spacial score (nSPS) is 12.9. The molecule has 3 aromatic heterocycles. The molecule has 4 heteroatoms. The first-order chi connectivity index (χ1) is 13.4. The molecule has 1 atom stereocenters. The van der Waals surface area contributed by atoms with Crippen LogP contribution in [0.15, 0.2) is 24.4 Å². The molecule has 3 aromatic rings. The van der Waals surface area contributed by atoms with Gasteiger partial charge in [0, 0.05) is 23.1 Å². The number of fused-ring (bicyclic) bond motifs is 1. The Morgan fingerprint density at radius 3 is 2.43 bits per heavy atom. The van der Waals surface area contributed by atoms with E-state index in [9.17, 15) is 5.11 Å². The number of hydrogen-bond donors (Lipinski definition) is 1. The second-order valence-electron chi connectivity index (χ2n) is 8.10. The Bertz CT molecular complexity index is 972. The van der Waals surface area contributed by atoms with Gasteiger partial charge in [-0.15, -0.1) is 0 Å². The molecule has 1 N–H and O–H groups in total. The van der Waals surface area contributed by atoms with Gasteiger partial charge in [-0.05, 0) is 61.9 Å². The van der Waals surface area contributed by atoms with Crippen LogP contribution in [0.3, 0.4) is 0 Å². The lowest BCUT2D eigenvalue weighted by atomic mass is 10.0. The van der Waals surface area contributed by atoms with Gasteiger partial charge >= 0.3 is 0 Å². The Labute approximate surface area is 168 Å². The molecular formula is C24H33N3O. The van der Waals surface area contributed by atoms with E-state index in [-0.39, 0.29) is 12.6 Å². The first-order valence-electron chi connectivity index (χ1n) is 10.5. The van der Waals surface area contributed by atoms with Gasteiger partial charge in [-0.2, -0.15) is 0 Å². The molecule has 0 aliphatic carbocycles. The SMILES string of the molecule is CCC[C@@H](CO)n1cc(C)c2nc(-c3ccc(C(C)C)nc3CC)c(C)cc21. The highest BCUT2D eigenvalue weighted by atomic mass is 16.3. The number of nitrogens with zero attached hydrogens (tertiary/aromatic N) is 3. The summed E-state index contributed by atoms with van der Waals surface area (Å²) in [5.41, 5.74) is 8.81. The van der Waals surface area contributed by atoms with Crippen molar-refractivity contribution in [3.8, 4) is 11.3 Å². The van der Waals surface area contributed by atoms with Gasteiger partial charge in [-0.25, -0.2) is 4.98 Å². The maximum atomic E-state index is 9.87. The first kappa shape index (κ1) is 20.5. The molecule has 0 amide bonds. The molecule has 3 rings (SSSR count). The zero-order chi connectivity index (χ0) is 20.4. The summed E-state index contributed by atoms with van der Waals surface area (Å²) in [7, 11) is 0. The molecule has 150 valence electrons. The molecule has 0 aromatic carbocycles. The van der Waals surface area contributed by atoms with Crippen LogP contribution in [0.1, 0.15) is 75.0 Å². The molecule has 0 unspecified atom stereocenters. The fourth-order valence-electron chi connectivity index (χ4n) is 3.98. The first-order valence-corrected chi connectivity index (χ1v) is 10.5. The van der Waals surface area contributed by atoms with E-state index in [0.29, 0.717) is 5.92 Å².